The Morgan fingerprint density at radius 3 is 1.97 bits per heavy atom. The molecule has 0 fully saturated rings. The van der Waals surface area contributed by atoms with Gasteiger partial charge < -0.3 is 9.32 Å². The summed E-state index contributed by atoms with van der Waals surface area (Å²) in [6, 6.07) is 68.7. The number of furan rings is 1. The molecule has 1 aromatic heterocycles. The molecule has 1 spiro atoms. The molecule has 12 rings (SSSR count). The van der Waals surface area contributed by atoms with Gasteiger partial charge in [0.25, 0.3) is 0 Å². The van der Waals surface area contributed by atoms with Crippen molar-refractivity contribution in [2.24, 2.45) is 0 Å². The van der Waals surface area contributed by atoms with Crippen LogP contribution in [0.4, 0.5) is 17.1 Å². The lowest BCUT2D eigenvalue weighted by Crippen LogP contribution is -2.26. The van der Waals surface area contributed by atoms with Gasteiger partial charge in [0.2, 0.25) is 0 Å². The van der Waals surface area contributed by atoms with Crippen LogP contribution in [0.5, 0.6) is 0 Å². The third-order valence-electron chi connectivity index (χ3n) is 13.0. The highest BCUT2D eigenvalue weighted by Crippen LogP contribution is 2.64. The molecule has 0 saturated carbocycles. The zero-order valence-corrected chi connectivity index (χ0v) is 33.2. The van der Waals surface area contributed by atoms with Gasteiger partial charge in [-0.25, -0.2) is 0 Å². The summed E-state index contributed by atoms with van der Waals surface area (Å²) in [6.45, 7) is 6.60. The van der Waals surface area contributed by atoms with Gasteiger partial charge in [0.15, 0.2) is 0 Å². The van der Waals surface area contributed by atoms with Crippen molar-refractivity contribution in [3.8, 4) is 22.3 Å². The third kappa shape index (κ3) is 4.65. The smallest absolute Gasteiger partial charge is 0.143 e. The van der Waals surface area contributed by atoms with E-state index in [2.05, 4.69) is 213 Å². The van der Waals surface area contributed by atoms with Crippen LogP contribution < -0.4 is 4.90 Å². The molecule has 1 atom stereocenters. The van der Waals surface area contributed by atoms with Crippen LogP contribution in [0, 0.1) is 0 Å². The Bertz CT molecular complexity index is 3470. The van der Waals surface area contributed by atoms with Gasteiger partial charge in [-0.05, 0) is 97.9 Å². The van der Waals surface area contributed by atoms with Gasteiger partial charge in [0.1, 0.15) is 11.2 Å². The number of anilines is 3. The van der Waals surface area contributed by atoms with E-state index in [1.807, 2.05) is 12.1 Å². The Kier molecular flexibility index (Phi) is 7.55. The lowest BCUT2D eigenvalue weighted by atomic mass is 9.69. The molecule has 282 valence electrons. The first-order valence-corrected chi connectivity index (χ1v) is 20.7. The molecule has 1 unspecified atom stereocenters. The van der Waals surface area contributed by atoms with Crippen molar-refractivity contribution in [1.82, 2.24) is 0 Å². The molecule has 2 aliphatic carbocycles. The van der Waals surface area contributed by atoms with Gasteiger partial charge in [0.05, 0.1) is 16.8 Å². The quantitative estimate of drug-likeness (QED) is 0.157. The summed E-state index contributed by atoms with van der Waals surface area (Å²) in [7, 11) is 0. The van der Waals surface area contributed by atoms with Gasteiger partial charge in [-0.1, -0.05) is 183 Å². The van der Waals surface area contributed by atoms with E-state index in [-0.39, 0.29) is 0 Å². The number of para-hydroxylation sites is 2. The summed E-state index contributed by atoms with van der Waals surface area (Å²) in [5.41, 5.74) is 16.8. The van der Waals surface area contributed by atoms with Gasteiger partial charge >= 0.3 is 0 Å². The lowest BCUT2D eigenvalue weighted by Gasteiger charge is -2.33. The first-order valence-electron chi connectivity index (χ1n) is 20.7. The van der Waals surface area contributed by atoms with Crippen LogP contribution in [0.2, 0.25) is 0 Å². The predicted octanol–water partition coefficient (Wildman–Crippen LogP) is 15.9. The molecule has 60 heavy (non-hydrogen) atoms. The molecule has 0 saturated heterocycles. The summed E-state index contributed by atoms with van der Waals surface area (Å²) < 4.78 is 6.51. The number of fused-ring (bicyclic) bond motifs is 13. The molecule has 0 radical (unpaired) electrons. The van der Waals surface area contributed by atoms with Crippen LogP contribution in [0.15, 0.2) is 223 Å². The van der Waals surface area contributed by atoms with E-state index in [9.17, 15) is 0 Å². The van der Waals surface area contributed by atoms with Crippen LogP contribution >= 0.6 is 0 Å². The van der Waals surface area contributed by atoms with E-state index in [0.717, 1.165) is 50.1 Å². The van der Waals surface area contributed by atoms with Crippen molar-refractivity contribution in [2.75, 3.05) is 4.90 Å². The Hall–Kier alpha value is -7.68. The highest BCUT2D eigenvalue weighted by atomic mass is 16.3. The van der Waals surface area contributed by atoms with Crippen molar-refractivity contribution in [2.45, 2.75) is 12.3 Å². The topological polar surface area (TPSA) is 16.4 Å². The van der Waals surface area contributed by atoms with E-state index in [1.165, 1.54) is 66.1 Å². The zero-order valence-electron chi connectivity index (χ0n) is 33.2. The molecule has 9 aromatic carbocycles. The molecule has 10 aromatic rings. The number of hydrogen-bond donors (Lipinski definition) is 0. The maximum Gasteiger partial charge on any atom is 0.143 e. The lowest BCUT2D eigenvalue weighted by molar-refractivity contribution is 0.670. The van der Waals surface area contributed by atoms with Crippen LogP contribution in [0.25, 0.3) is 71.3 Å². The molecule has 0 bridgehead atoms. The fourth-order valence-corrected chi connectivity index (χ4v) is 10.6. The molecule has 0 amide bonds. The van der Waals surface area contributed by atoms with Crippen molar-refractivity contribution in [1.29, 1.82) is 0 Å². The fraction of sp³-hybridized carbons (Fsp3) is 0.0345. The molecular weight excluding hydrogens is 727 g/mol. The summed E-state index contributed by atoms with van der Waals surface area (Å²) in [4.78, 5) is 2.50. The zero-order chi connectivity index (χ0) is 40.0. The predicted molar refractivity (Wildman–Crippen MR) is 253 cm³/mol. The van der Waals surface area contributed by atoms with Gasteiger partial charge in [0, 0.05) is 33.0 Å². The van der Waals surface area contributed by atoms with Gasteiger partial charge in [-0.3, -0.25) is 0 Å². The highest BCUT2D eigenvalue weighted by Gasteiger charge is 2.52. The Balaban J connectivity index is 1.15. The summed E-state index contributed by atoms with van der Waals surface area (Å²) in [6.07, 6.45) is 6.51. The molecular formula is C58H39NO. The molecule has 0 N–H and O–H groups in total. The first kappa shape index (κ1) is 34.4. The second-order valence-electron chi connectivity index (χ2n) is 15.9. The normalized spacial score (nSPS) is 15.4. The highest BCUT2D eigenvalue weighted by molar-refractivity contribution is 6.16. The van der Waals surface area contributed by atoms with E-state index in [1.54, 1.807) is 0 Å². The summed E-state index contributed by atoms with van der Waals surface area (Å²) >= 11 is 0. The molecule has 2 nitrogen and oxygen atoms in total. The van der Waals surface area contributed by atoms with E-state index >= 15 is 0 Å². The number of rotatable bonds is 6. The standard InChI is InChI=1S/C58H39NO/c1-3-16-43-44-20-7-10-25-49(44)58(48(43)4-2)50-26-11-8-22-47(50)56-51(58)27-15-29-53(56)59(52-28-13-18-39-32-31-37-17-5-6-19-41(37)55(39)52)40-35-33-38(34-36-40)42-23-14-24-46-45-21-9-12-30-54(45)60-57(42)46/h3-36H,2H2,1H3/b16-3-. The monoisotopic (exact) mass is 765 g/mol. The summed E-state index contributed by atoms with van der Waals surface area (Å²) in [5.74, 6) is 0. The minimum Gasteiger partial charge on any atom is -0.455 e. The van der Waals surface area contributed by atoms with Crippen molar-refractivity contribution in [3.63, 3.8) is 0 Å². The van der Waals surface area contributed by atoms with Crippen molar-refractivity contribution in [3.05, 3.63) is 241 Å². The van der Waals surface area contributed by atoms with Crippen LogP contribution in [0.1, 0.15) is 29.2 Å². The molecule has 2 aliphatic rings. The molecule has 2 heteroatoms. The number of allylic oxidation sites excluding steroid dienone is 5. The van der Waals surface area contributed by atoms with E-state index in [0.29, 0.717) is 0 Å². The van der Waals surface area contributed by atoms with E-state index < -0.39 is 5.41 Å². The Labute approximate surface area is 349 Å². The third-order valence-corrected chi connectivity index (χ3v) is 13.0. The maximum atomic E-state index is 6.51. The number of nitrogens with zero attached hydrogens (tertiary/aromatic N) is 1. The second kappa shape index (κ2) is 13.2. The molecule has 1 heterocycles. The summed E-state index contributed by atoms with van der Waals surface area (Å²) in [5, 5.41) is 7.13. The fourth-order valence-electron chi connectivity index (χ4n) is 10.6. The van der Waals surface area contributed by atoms with Crippen LogP contribution in [0.3, 0.4) is 0 Å². The minimum atomic E-state index is -0.526. The minimum absolute atomic E-state index is 0.526. The van der Waals surface area contributed by atoms with Gasteiger partial charge in [-0.2, -0.15) is 0 Å². The van der Waals surface area contributed by atoms with Crippen LogP contribution in [-0.4, -0.2) is 0 Å². The largest absolute Gasteiger partial charge is 0.455 e. The van der Waals surface area contributed by atoms with Crippen molar-refractivity contribution < 1.29 is 4.42 Å². The number of hydrogen-bond acceptors (Lipinski definition) is 2. The first-order chi connectivity index (χ1) is 29.7. The SMILES string of the molecule is C=CC1=C(/C=C\C)c2ccccc2C12c1ccccc1-c1c(N(c3ccc(-c4cccc5c4oc4ccccc45)cc3)c3cccc4ccc5ccccc5c34)cccc12. The van der Waals surface area contributed by atoms with Crippen LogP contribution in [-0.2, 0) is 5.41 Å². The van der Waals surface area contributed by atoms with Crippen molar-refractivity contribution >= 4 is 66.1 Å². The average molecular weight is 766 g/mol. The Morgan fingerprint density at radius 1 is 0.517 bits per heavy atom. The average Bonchev–Trinajstić information content (AvgIpc) is 3.93. The van der Waals surface area contributed by atoms with E-state index in [4.69, 9.17) is 4.42 Å². The second-order valence-corrected chi connectivity index (χ2v) is 15.9. The number of benzene rings is 9. The molecule has 0 aliphatic heterocycles. The maximum absolute atomic E-state index is 6.51. The van der Waals surface area contributed by atoms with Gasteiger partial charge in [-0.15, -0.1) is 0 Å². The Morgan fingerprint density at radius 2 is 1.13 bits per heavy atom.